The van der Waals surface area contributed by atoms with Gasteiger partial charge in [-0.1, -0.05) is 47.0 Å². The quantitative estimate of drug-likeness (QED) is 0.436. The molecule has 1 amide bonds. The van der Waals surface area contributed by atoms with E-state index in [0.29, 0.717) is 9.90 Å². The standard InChI is InChI=1S/C11H15ClINOS/c12-9-5-8-16-10(9)11(15)14-7-4-2-1-3-6-13/h5,8H,1-4,6-7H2,(H,14,15). The SMILES string of the molecule is O=C(NCCCCCCI)c1sccc1Cl. The van der Waals surface area contributed by atoms with E-state index >= 15 is 0 Å². The zero-order valence-corrected chi connectivity index (χ0v) is 12.7. The molecular weight excluding hydrogens is 357 g/mol. The minimum atomic E-state index is -0.0473. The lowest BCUT2D eigenvalue weighted by atomic mass is 10.2. The highest BCUT2D eigenvalue weighted by Crippen LogP contribution is 2.21. The molecule has 0 aromatic carbocycles. The monoisotopic (exact) mass is 371 g/mol. The Kier molecular flexibility index (Phi) is 7.40. The molecule has 0 radical (unpaired) electrons. The maximum Gasteiger partial charge on any atom is 0.262 e. The molecule has 0 bridgehead atoms. The van der Waals surface area contributed by atoms with Crippen molar-refractivity contribution < 1.29 is 4.79 Å². The summed E-state index contributed by atoms with van der Waals surface area (Å²) in [5.41, 5.74) is 0. The summed E-state index contributed by atoms with van der Waals surface area (Å²) in [6.45, 7) is 0.744. The van der Waals surface area contributed by atoms with Gasteiger partial charge in [0.05, 0.1) is 5.02 Å². The van der Waals surface area contributed by atoms with E-state index in [1.807, 2.05) is 5.38 Å². The lowest BCUT2D eigenvalue weighted by Crippen LogP contribution is -2.23. The van der Waals surface area contributed by atoms with Gasteiger partial charge in [-0.2, -0.15) is 0 Å². The number of hydrogen-bond acceptors (Lipinski definition) is 2. The van der Waals surface area contributed by atoms with Gasteiger partial charge in [0.15, 0.2) is 0 Å². The van der Waals surface area contributed by atoms with Crippen molar-refractivity contribution in [1.29, 1.82) is 0 Å². The first-order valence-corrected chi connectivity index (χ1v) is 8.11. The van der Waals surface area contributed by atoms with Crippen LogP contribution in [-0.2, 0) is 0 Å². The van der Waals surface area contributed by atoms with Crippen LogP contribution in [0.15, 0.2) is 11.4 Å². The molecule has 0 aliphatic carbocycles. The van der Waals surface area contributed by atoms with Crippen LogP contribution in [0.25, 0.3) is 0 Å². The molecule has 0 atom stereocenters. The number of amides is 1. The maximum absolute atomic E-state index is 11.6. The van der Waals surface area contributed by atoms with Crippen molar-refractivity contribution in [2.24, 2.45) is 0 Å². The van der Waals surface area contributed by atoms with Gasteiger partial charge in [-0.25, -0.2) is 0 Å². The molecule has 1 N–H and O–H groups in total. The van der Waals surface area contributed by atoms with E-state index in [1.165, 1.54) is 35.0 Å². The van der Waals surface area contributed by atoms with E-state index < -0.39 is 0 Å². The third kappa shape index (κ3) is 5.01. The van der Waals surface area contributed by atoms with Crippen molar-refractivity contribution in [3.05, 3.63) is 21.3 Å². The van der Waals surface area contributed by atoms with E-state index in [9.17, 15) is 4.79 Å². The number of unbranched alkanes of at least 4 members (excludes halogenated alkanes) is 3. The summed E-state index contributed by atoms with van der Waals surface area (Å²) in [6.07, 6.45) is 4.75. The normalized spacial score (nSPS) is 10.4. The van der Waals surface area contributed by atoms with E-state index in [1.54, 1.807) is 6.07 Å². The average Bonchev–Trinajstić information content (AvgIpc) is 2.69. The van der Waals surface area contributed by atoms with Gasteiger partial charge in [0, 0.05) is 6.54 Å². The molecule has 0 spiro atoms. The molecule has 0 aliphatic heterocycles. The highest BCUT2D eigenvalue weighted by atomic mass is 127. The van der Waals surface area contributed by atoms with Crippen LogP contribution in [0.3, 0.4) is 0 Å². The Balaban J connectivity index is 2.14. The zero-order valence-electron chi connectivity index (χ0n) is 8.97. The van der Waals surface area contributed by atoms with Crippen molar-refractivity contribution in [3.8, 4) is 0 Å². The molecular formula is C11H15ClINOS. The van der Waals surface area contributed by atoms with Crippen LogP contribution in [0.1, 0.15) is 35.4 Å². The molecule has 1 aromatic rings. The van der Waals surface area contributed by atoms with Crippen molar-refractivity contribution >= 4 is 51.4 Å². The van der Waals surface area contributed by atoms with Gasteiger partial charge in [-0.15, -0.1) is 11.3 Å². The van der Waals surface area contributed by atoms with Crippen molar-refractivity contribution in [2.45, 2.75) is 25.7 Å². The number of carbonyl (C=O) groups is 1. The lowest BCUT2D eigenvalue weighted by molar-refractivity contribution is 0.0957. The van der Waals surface area contributed by atoms with Gasteiger partial charge in [-0.3, -0.25) is 4.79 Å². The highest BCUT2D eigenvalue weighted by molar-refractivity contribution is 14.1. The molecule has 0 fully saturated rings. The summed E-state index contributed by atoms with van der Waals surface area (Å²) in [5.74, 6) is -0.0473. The van der Waals surface area contributed by atoms with E-state index in [-0.39, 0.29) is 5.91 Å². The third-order valence-electron chi connectivity index (χ3n) is 2.17. The smallest absolute Gasteiger partial charge is 0.262 e. The predicted molar refractivity (Wildman–Crippen MR) is 79.0 cm³/mol. The van der Waals surface area contributed by atoms with Crippen LogP contribution in [-0.4, -0.2) is 16.9 Å². The number of alkyl halides is 1. The fourth-order valence-electron chi connectivity index (χ4n) is 1.31. The first kappa shape index (κ1) is 14.3. The number of nitrogens with one attached hydrogen (secondary N) is 1. The number of hydrogen-bond donors (Lipinski definition) is 1. The Morgan fingerprint density at radius 2 is 2.12 bits per heavy atom. The number of halogens is 2. The molecule has 1 heterocycles. The van der Waals surface area contributed by atoms with E-state index in [2.05, 4.69) is 27.9 Å². The molecule has 0 saturated heterocycles. The fraction of sp³-hybridized carbons (Fsp3) is 0.545. The van der Waals surface area contributed by atoms with E-state index in [4.69, 9.17) is 11.6 Å². The third-order valence-corrected chi connectivity index (χ3v) is 4.27. The van der Waals surface area contributed by atoms with Gasteiger partial charge in [0.2, 0.25) is 0 Å². The summed E-state index contributed by atoms with van der Waals surface area (Å²) < 4.78 is 1.22. The van der Waals surface area contributed by atoms with Gasteiger partial charge in [-0.05, 0) is 28.7 Å². The molecule has 90 valence electrons. The largest absolute Gasteiger partial charge is 0.351 e. The lowest BCUT2D eigenvalue weighted by Gasteiger charge is -2.03. The molecule has 2 nitrogen and oxygen atoms in total. The van der Waals surface area contributed by atoms with Crippen LogP contribution in [0.4, 0.5) is 0 Å². The molecule has 5 heteroatoms. The summed E-state index contributed by atoms with van der Waals surface area (Å²) >= 11 is 9.64. The molecule has 16 heavy (non-hydrogen) atoms. The molecule has 1 rings (SSSR count). The second-order valence-corrected chi connectivity index (χ2v) is 5.86. The van der Waals surface area contributed by atoms with Gasteiger partial charge >= 0.3 is 0 Å². The van der Waals surface area contributed by atoms with Crippen LogP contribution in [0.5, 0.6) is 0 Å². The summed E-state index contributed by atoms with van der Waals surface area (Å²) in [5, 5.41) is 5.27. The van der Waals surface area contributed by atoms with Crippen molar-refractivity contribution in [2.75, 3.05) is 11.0 Å². The summed E-state index contributed by atoms with van der Waals surface area (Å²) in [7, 11) is 0. The Bertz CT molecular complexity index is 330. The van der Waals surface area contributed by atoms with Gasteiger partial charge < -0.3 is 5.32 Å². The first-order chi connectivity index (χ1) is 7.75. The Hall–Kier alpha value is 0.190. The number of carbonyl (C=O) groups excluding carboxylic acids is 1. The van der Waals surface area contributed by atoms with E-state index in [0.717, 1.165) is 13.0 Å². The number of thiophene rings is 1. The molecule has 0 saturated carbocycles. The first-order valence-electron chi connectivity index (χ1n) is 5.33. The molecule has 1 aromatic heterocycles. The second kappa shape index (κ2) is 8.31. The van der Waals surface area contributed by atoms with Crippen LogP contribution in [0, 0.1) is 0 Å². The minimum Gasteiger partial charge on any atom is -0.351 e. The zero-order chi connectivity index (χ0) is 11.8. The fourth-order valence-corrected chi connectivity index (χ4v) is 2.91. The topological polar surface area (TPSA) is 29.1 Å². The van der Waals surface area contributed by atoms with Crippen LogP contribution < -0.4 is 5.32 Å². The molecule has 0 unspecified atom stereocenters. The highest BCUT2D eigenvalue weighted by Gasteiger charge is 2.10. The van der Waals surface area contributed by atoms with Crippen LogP contribution >= 0.6 is 45.5 Å². The van der Waals surface area contributed by atoms with Gasteiger partial charge in [0.25, 0.3) is 5.91 Å². The van der Waals surface area contributed by atoms with Gasteiger partial charge in [0.1, 0.15) is 4.88 Å². The Morgan fingerprint density at radius 1 is 1.38 bits per heavy atom. The second-order valence-electron chi connectivity index (χ2n) is 3.46. The summed E-state index contributed by atoms with van der Waals surface area (Å²) in [6, 6.07) is 1.75. The Labute approximate surface area is 119 Å². The van der Waals surface area contributed by atoms with Crippen LogP contribution in [0.2, 0.25) is 5.02 Å². The predicted octanol–water partition coefficient (Wildman–Crippen LogP) is 4.13. The van der Waals surface area contributed by atoms with Crippen molar-refractivity contribution in [1.82, 2.24) is 5.32 Å². The molecule has 0 aliphatic rings. The number of rotatable bonds is 7. The Morgan fingerprint density at radius 3 is 2.75 bits per heavy atom. The summed E-state index contributed by atoms with van der Waals surface area (Å²) in [4.78, 5) is 12.2. The average molecular weight is 372 g/mol. The minimum absolute atomic E-state index is 0.0473. The maximum atomic E-state index is 11.6. The van der Waals surface area contributed by atoms with Crippen molar-refractivity contribution in [3.63, 3.8) is 0 Å².